The Morgan fingerprint density at radius 3 is 1.54 bits per heavy atom. The van der Waals surface area contributed by atoms with Crippen LogP contribution in [0.5, 0.6) is 0 Å². The van der Waals surface area contributed by atoms with Gasteiger partial charge in [0.05, 0.1) is 19.8 Å². The van der Waals surface area contributed by atoms with Crippen molar-refractivity contribution in [3.8, 4) is 0 Å². The molecule has 0 aromatic rings. The van der Waals surface area contributed by atoms with Gasteiger partial charge in [-0.05, 0) is 57.8 Å². The maximum Gasteiger partial charge on any atom is 0.472 e. The molecule has 0 spiro atoms. The second kappa shape index (κ2) is 37.8. The van der Waals surface area contributed by atoms with Gasteiger partial charge < -0.3 is 25.2 Å². The normalized spacial score (nSPS) is 14.2. The van der Waals surface area contributed by atoms with Crippen LogP contribution < -0.4 is 5.73 Å². The molecule has 0 saturated heterocycles. The van der Waals surface area contributed by atoms with Crippen molar-refractivity contribution in [2.45, 2.75) is 199 Å². The van der Waals surface area contributed by atoms with Crippen LogP contribution in [0.25, 0.3) is 0 Å². The van der Waals surface area contributed by atoms with Gasteiger partial charge in [-0.1, -0.05) is 147 Å². The van der Waals surface area contributed by atoms with Crippen molar-refractivity contribution in [3.05, 3.63) is 24.3 Å². The number of carboxylic acid groups (broad SMARTS) is 1. The molecule has 3 unspecified atom stereocenters. The highest BCUT2D eigenvalue weighted by Gasteiger charge is 2.27. The minimum absolute atomic E-state index is 0.0138. The summed E-state index contributed by atoms with van der Waals surface area (Å²) in [6.07, 6.45) is 39.4. The molecule has 0 radical (unpaired) electrons. The molecule has 0 aliphatic rings. The number of unbranched alkanes of at least 4 members (excludes halogenated alkanes) is 22. The smallest absolute Gasteiger partial charge is 0.472 e. The molecule has 11 heteroatoms. The van der Waals surface area contributed by atoms with Crippen LogP contribution in [0.2, 0.25) is 0 Å². The van der Waals surface area contributed by atoms with Gasteiger partial charge in [-0.3, -0.25) is 18.6 Å². The van der Waals surface area contributed by atoms with E-state index < -0.39 is 45.1 Å². The van der Waals surface area contributed by atoms with Crippen molar-refractivity contribution in [2.75, 3.05) is 26.4 Å². The van der Waals surface area contributed by atoms with Crippen molar-refractivity contribution >= 4 is 19.8 Å². The first-order valence-corrected chi connectivity index (χ1v) is 22.4. The zero-order valence-electron chi connectivity index (χ0n) is 33.2. The molecule has 0 aliphatic carbocycles. The summed E-state index contributed by atoms with van der Waals surface area (Å²) in [5.41, 5.74) is 5.34. The molecule has 52 heavy (non-hydrogen) atoms. The van der Waals surface area contributed by atoms with E-state index in [0.717, 1.165) is 51.4 Å². The largest absolute Gasteiger partial charge is 0.480 e. The van der Waals surface area contributed by atoms with Crippen LogP contribution >= 0.6 is 7.82 Å². The number of carbonyl (C=O) groups excluding carboxylic acids is 1. The molecule has 0 aliphatic heterocycles. The van der Waals surface area contributed by atoms with Gasteiger partial charge in [0.25, 0.3) is 0 Å². The summed E-state index contributed by atoms with van der Waals surface area (Å²) in [5.74, 6) is -1.78. The average Bonchev–Trinajstić information content (AvgIpc) is 3.12. The molecule has 0 aromatic heterocycles. The van der Waals surface area contributed by atoms with Crippen LogP contribution in [0.4, 0.5) is 0 Å². The number of phosphoric acid groups is 1. The molecule has 0 bridgehead atoms. The number of allylic oxidation sites excluding steroid dienone is 4. The zero-order chi connectivity index (χ0) is 38.4. The first kappa shape index (κ1) is 50.5. The Balaban J connectivity index is 4.20. The fourth-order valence-corrected chi connectivity index (χ4v) is 6.44. The predicted molar refractivity (Wildman–Crippen MR) is 212 cm³/mol. The Morgan fingerprint density at radius 2 is 1.04 bits per heavy atom. The van der Waals surface area contributed by atoms with Gasteiger partial charge >= 0.3 is 19.8 Å². The standard InChI is InChI=1S/C41H78NO9P/c1-3-5-7-9-11-13-15-16-17-18-19-20-21-22-23-25-27-29-31-33-40(43)51-38(36-49-52(46,47)50-37-39(42)41(44)45)35-48-34-32-30-28-26-24-14-12-10-8-6-4-2/h8,10,16-17,38-39H,3-7,9,11-15,18-37,42H2,1-2H3,(H,44,45)(H,46,47)/b10-8-,17-16-. The Morgan fingerprint density at radius 1 is 0.596 bits per heavy atom. The van der Waals surface area contributed by atoms with Crippen molar-refractivity contribution < 1.29 is 42.7 Å². The van der Waals surface area contributed by atoms with Crippen LogP contribution in [-0.2, 0) is 32.7 Å². The van der Waals surface area contributed by atoms with Crippen molar-refractivity contribution in [1.29, 1.82) is 0 Å². The van der Waals surface area contributed by atoms with Crippen molar-refractivity contribution in [2.24, 2.45) is 5.73 Å². The van der Waals surface area contributed by atoms with Gasteiger partial charge in [0.2, 0.25) is 0 Å². The van der Waals surface area contributed by atoms with E-state index in [0.29, 0.717) is 13.0 Å². The summed E-state index contributed by atoms with van der Waals surface area (Å²) in [6.45, 7) is 3.81. The number of carboxylic acids is 1. The molecule has 10 nitrogen and oxygen atoms in total. The molecule has 0 saturated carbocycles. The topological polar surface area (TPSA) is 155 Å². The lowest BCUT2D eigenvalue weighted by Crippen LogP contribution is -2.34. The van der Waals surface area contributed by atoms with Crippen LogP contribution in [0, 0.1) is 0 Å². The van der Waals surface area contributed by atoms with E-state index >= 15 is 0 Å². The first-order chi connectivity index (χ1) is 25.2. The van der Waals surface area contributed by atoms with E-state index in [-0.39, 0.29) is 13.0 Å². The monoisotopic (exact) mass is 760 g/mol. The molecule has 0 aromatic carbocycles. The van der Waals surface area contributed by atoms with Crippen LogP contribution in [0.15, 0.2) is 24.3 Å². The Bertz CT molecular complexity index is 930. The highest BCUT2D eigenvalue weighted by atomic mass is 31.2. The number of hydrogen-bond donors (Lipinski definition) is 3. The SMILES string of the molecule is CCC/C=C\CCCCCCCCOCC(COP(=O)(O)OCC(N)C(=O)O)OC(=O)CCCCCCCCCCC/C=C\CCCCCCCC. The number of aliphatic carboxylic acids is 1. The van der Waals surface area contributed by atoms with Gasteiger partial charge in [0, 0.05) is 13.0 Å². The Hall–Kier alpha value is -1.55. The zero-order valence-corrected chi connectivity index (χ0v) is 34.1. The number of nitrogens with two attached hydrogens (primary N) is 1. The van der Waals surface area contributed by atoms with Crippen molar-refractivity contribution in [1.82, 2.24) is 0 Å². The summed E-state index contributed by atoms with van der Waals surface area (Å²) in [7, 11) is -4.61. The summed E-state index contributed by atoms with van der Waals surface area (Å²) < 4.78 is 33.2. The molecular formula is C41H78NO9P. The molecule has 0 amide bonds. The van der Waals surface area contributed by atoms with Gasteiger partial charge in [-0.25, -0.2) is 4.57 Å². The number of phosphoric ester groups is 1. The molecule has 306 valence electrons. The third-order valence-electron chi connectivity index (χ3n) is 8.93. The van der Waals surface area contributed by atoms with Crippen molar-refractivity contribution in [3.63, 3.8) is 0 Å². The molecule has 0 rings (SSSR count). The predicted octanol–water partition coefficient (Wildman–Crippen LogP) is 11.1. The first-order valence-electron chi connectivity index (χ1n) is 20.9. The highest BCUT2D eigenvalue weighted by Crippen LogP contribution is 2.43. The lowest BCUT2D eigenvalue weighted by molar-refractivity contribution is -0.154. The van der Waals surface area contributed by atoms with Crippen LogP contribution in [-0.4, -0.2) is 60.5 Å². The third kappa shape index (κ3) is 36.8. The second-order valence-electron chi connectivity index (χ2n) is 14.1. The fraction of sp³-hybridized carbons (Fsp3) is 0.854. The second-order valence-corrected chi connectivity index (χ2v) is 15.6. The number of hydrogen-bond acceptors (Lipinski definition) is 8. The summed E-state index contributed by atoms with van der Waals surface area (Å²) in [5, 5.41) is 8.87. The van der Waals surface area contributed by atoms with Gasteiger partial charge in [0.15, 0.2) is 0 Å². The van der Waals surface area contributed by atoms with E-state index in [1.807, 2.05) is 0 Å². The van der Waals surface area contributed by atoms with Gasteiger partial charge in [-0.15, -0.1) is 0 Å². The molecule has 0 heterocycles. The van der Waals surface area contributed by atoms with E-state index in [1.54, 1.807) is 0 Å². The van der Waals surface area contributed by atoms with Crippen LogP contribution in [0.3, 0.4) is 0 Å². The van der Waals surface area contributed by atoms with E-state index in [1.165, 1.54) is 109 Å². The number of carbonyl (C=O) groups is 2. The van der Waals surface area contributed by atoms with Gasteiger partial charge in [0.1, 0.15) is 12.1 Å². The van der Waals surface area contributed by atoms with E-state index in [2.05, 4.69) is 38.2 Å². The quantitative estimate of drug-likeness (QED) is 0.0238. The maximum absolute atomic E-state index is 12.6. The summed E-state index contributed by atoms with van der Waals surface area (Å²) in [4.78, 5) is 33.4. The number of rotatable bonds is 40. The van der Waals surface area contributed by atoms with E-state index in [4.69, 9.17) is 29.4 Å². The Labute approximate surface area is 317 Å². The lowest BCUT2D eigenvalue weighted by Gasteiger charge is -2.20. The van der Waals surface area contributed by atoms with E-state index in [9.17, 15) is 19.0 Å². The molecule has 0 fully saturated rings. The van der Waals surface area contributed by atoms with Crippen LogP contribution in [0.1, 0.15) is 187 Å². The van der Waals surface area contributed by atoms with Gasteiger partial charge in [-0.2, -0.15) is 0 Å². The minimum Gasteiger partial charge on any atom is -0.480 e. The molecule has 4 N–H and O–H groups in total. The number of esters is 1. The summed E-state index contributed by atoms with van der Waals surface area (Å²) in [6, 6.07) is -1.47. The lowest BCUT2D eigenvalue weighted by atomic mass is 10.1. The summed E-state index contributed by atoms with van der Waals surface area (Å²) >= 11 is 0. The maximum atomic E-state index is 12.6. The minimum atomic E-state index is -4.61. The third-order valence-corrected chi connectivity index (χ3v) is 9.88. The molecular weight excluding hydrogens is 681 g/mol. The molecule has 3 atom stereocenters. The average molecular weight is 760 g/mol. The highest BCUT2D eigenvalue weighted by molar-refractivity contribution is 7.47. The Kier molecular flexibility index (Phi) is 36.6. The fourth-order valence-electron chi connectivity index (χ4n) is 5.66. The number of ether oxygens (including phenoxy) is 2.